The highest BCUT2D eigenvalue weighted by molar-refractivity contribution is 6.84. The summed E-state index contributed by atoms with van der Waals surface area (Å²) >= 11 is 0. The lowest BCUT2D eigenvalue weighted by Crippen LogP contribution is -2.53. The maximum Gasteiger partial charge on any atom is 0.434 e. The van der Waals surface area contributed by atoms with Crippen molar-refractivity contribution in [3.05, 3.63) is 182 Å². The van der Waals surface area contributed by atoms with Gasteiger partial charge in [0.2, 0.25) is 0 Å². The molecule has 52 heavy (non-hydrogen) atoms. The van der Waals surface area contributed by atoms with Gasteiger partial charge in [-0.15, -0.1) is 0 Å². The molecule has 0 saturated carbocycles. The van der Waals surface area contributed by atoms with Gasteiger partial charge in [0.1, 0.15) is 17.2 Å². The SMILES string of the molecule is c1ccc(-c2cccc(-c3ccc4c(c3)OB3c5cc(-c6ccccc6-n6c7ccccc7c7ccccc76)ccc5Oc5cccc-4c53)c2)cc1. The fourth-order valence-corrected chi connectivity index (χ4v) is 8.30. The third-order valence-corrected chi connectivity index (χ3v) is 10.7. The van der Waals surface area contributed by atoms with E-state index in [1.807, 2.05) is 0 Å². The lowest BCUT2D eigenvalue weighted by atomic mass is 9.50. The third-order valence-electron chi connectivity index (χ3n) is 10.7. The number of para-hydroxylation sites is 3. The van der Waals surface area contributed by atoms with E-state index in [1.165, 1.54) is 32.9 Å². The van der Waals surface area contributed by atoms with Crippen LogP contribution in [0, 0.1) is 0 Å². The lowest BCUT2D eigenvalue weighted by molar-refractivity contribution is 0.479. The van der Waals surface area contributed by atoms with E-state index in [9.17, 15) is 0 Å². The molecule has 3 heterocycles. The zero-order valence-corrected chi connectivity index (χ0v) is 28.2. The standard InChI is InChI=1S/C48H30BNO2/c1-2-12-31(13-3-1)32-14-10-15-33(28-32)34-24-26-39-40-19-11-23-46-48(40)49(52-47(39)30-34)41-29-35(25-27-45(41)51-46)36-16-4-7-20-42(36)50-43-21-8-5-17-37(43)38-18-6-9-22-44(38)50/h1-30H. The summed E-state index contributed by atoms with van der Waals surface area (Å²) in [4.78, 5) is 0. The van der Waals surface area contributed by atoms with E-state index in [2.05, 4.69) is 187 Å². The van der Waals surface area contributed by atoms with Crippen LogP contribution in [0.25, 0.3) is 72.0 Å². The number of benzene rings is 8. The van der Waals surface area contributed by atoms with E-state index in [0.29, 0.717) is 0 Å². The number of hydrogen-bond donors (Lipinski definition) is 0. The topological polar surface area (TPSA) is 23.4 Å². The molecule has 0 radical (unpaired) electrons. The monoisotopic (exact) mass is 663 g/mol. The van der Waals surface area contributed by atoms with Crippen molar-refractivity contribution in [1.29, 1.82) is 0 Å². The predicted molar refractivity (Wildman–Crippen MR) is 215 cm³/mol. The second-order valence-corrected chi connectivity index (χ2v) is 13.6. The molecule has 2 aliphatic heterocycles. The Morgan fingerprint density at radius 1 is 0.385 bits per heavy atom. The highest BCUT2D eigenvalue weighted by Crippen LogP contribution is 2.42. The summed E-state index contributed by atoms with van der Waals surface area (Å²) in [5, 5.41) is 2.49. The Bertz CT molecular complexity index is 2820. The van der Waals surface area contributed by atoms with Gasteiger partial charge in [0.25, 0.3) is 0 Å². The van der Waals surface area contributed by atoms with Gasteiger partial charge in [-0.2, -0.15) is 0 Å². The molecule has 0 saturated heterocycles. The van der Waals surface area contributed by atoms with Crippen molar-refractivity contribution in [2.45, 2.75) is 0 Å². The molecule has 242 valence electrons. The van der Waals surface area contributed by atoms with Gasteiger partial charge < -0.3 is 14.0 Å². The second kappa shape index (κ2) is 11.4. The van der Waals surface area contributed by atoms with Crippen molar-refractivity contribution < 1.29 is 9.39 Å². The summed E-state index contributed by atoms with van der Waals surface area (Å²) in [6.45, 7) is -0.311. The summed E-state index contributed by atoms with van der Waals surface area (Å²) in [6, 6.07) is 64.8. The van der Waals surface area contributed by atoms with Crippen LogP contribution in [0.2, 0.25) is 0 Å². The predicted octanol–water partition coefficient (Wildman–Crippen LogP) is 11.1. The van der Waals surface area contributed by atoms with E-state index in [-0.39, 0.29) is 6.92 Å². The van der Waals surface area contributed by atoms with Crippen molar-refractivity contribution in [2.75, 3.05) is 0 Å². The highest BCUT2D eigenvalue weighted by Gasteiger charge is 2.41. The average molecular weight is 664 g/mol. The molecular formula is C48H30BNO2. The van der Waals surface area contributed by atoms with E-state index in [0.717, 1.165) is 67.2 Å². The molecule has 3 nitrogen and oxygen atoms in total. The van der Waals surface area contributed by atoms with Crippen LogP contribution < -0.4 is 20.3 Å². The van der Waals surface area contributed by atoms with Gasteiger partial charge in [0.05, 0.1) is 16.7 Å². The van der Waals surface area contributed by atoms with Gasteiger partial charge in [-0.1, -0.05) is 140 Å². The normalized spacial score (nSPS) is 12.5. The molecule has 9 aromatic rings. The minimum Gasteiger partial charge on any atom is -0.551 e. The summed E-state index contributed by atoms with van der Waals surface area (Å²) in [7, 11) is 0. The first-order chi connectivity index (χ1) is 25.8. The van der Waals surface area contributed by atoms with Gasteiger partial charge in [0, 0.05) is 32.8 Å². The van der Waals surface area contributed by atoms with Gasteiger partial charge in [0.15, 0.2) is 0 Å². The smallest absolute Gasteiger partial charge is 0.434 e. The number of aromatic nitrogens is 1. The van der Waals surface area contributed by atoms with Crippen LogP contribution in [0.5, 0.6) is 17.2 Å². The van der Waals surface area contributed by atoms with Gasteiger partial charge in [-0.3, -0.25) is 0 Å². The third kappa shape index (κ3) is 4.41. The van der Waals surface area contributed by atoms with E-state index in [1.54, 1.807) is 0 Å². The Kier molecular flexibility index (Phi) is 6.35. The van der Waals surface area contributed by atoms with Crippen LogP contribution >= 0.6 is 0 Å². The van der Waals surface area contributed by atoms with Crippen molar-refractivity contribution in [3.8, 4) is 67.4 Å². The second-order valence-electron chi connectivity index (χ2n) is 13.6. The zero-order chi connectivity index (χ0) is 34.2. The van der Waals surface area contributed by atoms with Crippen LogP contribution in [0.3, 0.4) is 0 Å². The van der Waals surface area contributed by atoms with Crippen LogP contribution in [-0.2, 0) is 0 Å². The quantitative estimate of drug-likeness (QED) is 0.175. The first-order valence-electron chi connectivity index (χ1n) is 17.8. The summed E-state index contributed by atoms with van der Waals surface area (Å²) in [5.74, 6) is 2.54. The molecule has 1 aromatic heterocycles. The van der Waals surface area contributed by atoms with Gasteiger partial charge in [-0.05, 0) is 75.8 Å². The van der Waals surface area contributed by atoms with Gasteiger partial charge in [-0.25, -0.2) is 0 Å². The Balaban J connectivity index is 1.03. The van der Waals surface area contributed by atoms with Crippen LogP contribution in [0.15, 0.2) is 182 Å². The number of hydrogen-bond acceptors (Lipinski definition) is 2. The molecule has 11 rings (SSSR count). The van der Waals surface area contributed by atoms with E-state index < -0.39 is 0 Å². The fraction of sp³-hybridized carbons (Fsp3) is 0. The number of fused-ring (bicyclic) bond motifs is 7. The molecule has 0 amide bonds. The average Bonchev–Trinajstić information content (AvgIpc) is 3.55. The maximum absolute atomic E-state index is 7.07. The molecule has 2 aliphatic rings. The number of rotatable bonds is 4. The Labute approximate surface area is 302 Å². The lowest BCUT2D eigenvalue weighted by Gasteiger charge is -2.33. The molecule has 0 atom stereocenters. The number of nitrogens with zero attached hydrogens (tertiary/aromatic N) is 1. The molecule has 0 unspecified atom stereocenters. The van der Waals surface area contributed by atoms with Crippen molar-refractivity contribution >= 4 is 39.6 Å². The maximum atomic E-state index is 7.07. The molecule has 0 fully saturated rings. The van der Waals surface area contributed by atoms with Crippen molar-refractivity contribution in [2.24, 2.45) is 0 Å². The summed E-state index contributed by atoms with van der Waals surface area (Å²) < 4.78 is 16.1. The molecule has 8 aromatic carbocycles. The Morgan fingerprint density at radius 2 is 1.02 bits per heavy atom. The number of ether oxygens (including phenoxy) is 1. The zero-order valence-electron chi connectivity index (χ0n) is 28.2. The fourth-order valence-electron chi connectivity index (χ4n) is 8.30. The van der Waals surface area contributed by atoms with Crippen LogP contribution in [0.1, 0.15) is 0 Å². The van der Waals surface area contributed by atoms with E-state index >= 15 is 0 Å². The van der Waals surface area contributed by atoms with Crippen LogP contribution in [-0.4, -0.2) is 11.5 Å². The summed E-state index contributed by atoms with van der Waals surface area (Å²) in [5.41, 5.74) is 14.8. The van der Waals surface area contributed by atoms with Gasteiger partial charge >= 0.3 is 6.92 Å². The Hall–Kier alpha value is -6.78. The minimum absolute atomic E-state index is 0.311. The van der Waals surface area contributed by atoms with Crippen molar-refractivity contribution in [3.63, 3.8) is 0 Å². The minimum atomic E-state index is -0.311. The molecule has 4 heteroatoms. The molecule has 0 aliphatic carbocycles. The van der Waals surface area contributed by atoms with Crippen molar-refractivity contribution in [1.82, 2.24) is 4.57 Å². The molecular weight excluding hydrogens is 633 g/mol. The van der Waals surface area contributed by atoms with E-state index in [4.69, 9.17) is 9.39 Å². The highest BCUT2D eigenvalue weighted by atomic mass is 16.5. The largest absolute Gasteiger partial charge is 0.551 e. The molecule has 0 N–H and O–H groups in total. The van der Waals surface area contributed by atoms with Crippen LogP contribution in [0.4, 0.5) is 0 Å². The molecule has 0 spiro atoms. The first kappa shape index (κ1) is 29.0. The Morgan fingerprint density at radius 3 is 1.85 bits per heavy atom. The molecule has 0 bridgehead atoms. The summed E-state index contributed by atoms with van der Waals surface area (Å²) in [6.07, 6.45) is 0. The first-order valence-corrected chi connectivity index (χ1v) is 17.8.